The van der Waals surface area contributed by atoms with Crippen LogP contribution in [0.25, 0.3) is 0 Å². The van der Waals surface area contributed by atoms with Crippen LogP contribution in [0.15, 0.2) is 273 Å². The van der Waals surface area contributed by atoms with Crippen LogP contribution < -0.4 is 77.3 Å². The number of hydrogen-bond donors (Lipinski definition) is 0. The Morgan fingerprint density at radius 2 is 0.671 bits per heavy atom. The number of hydrogen-bond acceptors (Lipinski definition) is 7. The van der Waals surface area contributed by atoms with Gasteiger partial charge >= 0.3 is 198 Å². The van der Waals surface area contributed by atoms with Crippen LogP contribution in [0.4, 0.5) is 0 Å². The molecule has 0 radical (unpaired) electrons. The number of methoxy groups -OCH3 is 3. The molecule has 9 rings (SSSR count). The van der Waals surface area contributed by atoms with E-state index < -0.39 is 20.1 Å². The van der Waals surface area contributed by atoms with Crippen LogP contribution in [0.3, 0.4) is 0 Å². The first-order valence-corrected chi connectivity index (χ1v) is 32.4. The van der Waals surface area contributed by atoms with Crippen LogP contribution in [-0.2, 0) is 28.6 Å². The maximum atomic E-state index is 12.5. The van der Waals surface area contributed by atoms with Crippen molar-refractivity contribution in [1.29, 1.82) is 0 Å². The van der Waals surface area contributed by atoms with Crippen LogP contribution >= 0.6 is 51.5 Å². The van der Waals surface area contributed by atoms with Crippen LogP contribution in [0.1, 0.15) is 0 Å². The summed E-state index contributed by atoms with van der Waals surface area (Å²) in [5.74, 6) is 0.994. The average molecular weight is 1200 g/mol. The molecule has 7 nitrogen and oxygen atoms in total. The molecule has 0 spiro atoms. The number of halogens is 2. The van der Waals surface area contributed by atoms with Crippen LogP contribution in [-0.4, -0.2) is 62.0 Å². The van der Waals surface area contributed by atoms with E-state index >= 15 is 0 Å². The second-order valence-corrected chi connectivity index (χ2v) is 31.3. The molecule has 0 amide bonds. The molecule has 13 heteroatoms. The van der Waals surface area contributed by atoms with Crippen molar-refractivity contribution in [2.75, 3.05) is 32.8 Å². The van der Waals surface area contributed by atoms with Crippen molar-refractivity contribution in [3.05, 3.63) is 273 Å². The molecule has 9 aromatic carbocycles. The predicted octanol–water partition coefficient (Wildman–Crippen LogP) is 7.78. The molecule has 0 saturated carbocycles. The number of alkyl halides is 1. The summed E-state index contributed by atoms with van der Waals surface area (Å²) in [6.07, 6.45) is 0.264. The van der Waals surface area contributed by atoms with Crippen molar-refractivity contribution < 1.29 is 63.6 Å². The first kappa shape index (κ1) is 63.0. The quantitative estimate of drug-likeness (QED) is 0.0382. The molecule has 0 fully saturated rings. The molecule has 0 heterocycles. The van der Waals surface area contributed by atoms with Crippen LogP contribution in [0.5, 0.6) is 0 Å². The standard InChI is InChI=1S/C21H20BrO2P.C21H19O2P.C18H15P.C3H5BrO2.Na.H2O/c1-24-21(23)17-25(22,18-11-5-2-6-12-18,19-13-7-3-8-14-19)20-15-9-4-10-16-20;1-23-21(22)17-24(18-11-5-2-6-12-18,19-13-7-3-8-14-19)20-15-9-4-10-16-20;1-4-10-16(11-5-1)19(17-12-6-2-7-13-17)18-14-8-3-9-15-18;1-6-3(5)2-4;;/h2-16H,17H2,1H3;2-17H,1H3;1-15H;2H2,1H3;;1H2/q;;;;+1;/p-1. The molecule has 0 saturated heterocycles. The second kappa shape index (κ2) is 32.3. The third-order valence-corrected chi connectivity index (χ3v) is 28.2. The normalized spacial score (nSPS) is 10.9. The minimum atomic E-state index is -3.18. The maximum absolute atomic E-state index is 12.5. The van der Waals surface area contributed by atoms with Crippen molar-refractivity contribution in [2.45, 2.75) is 0 Å². The summed E-state index contributed by atoms with van der Waals surface area (Å²) in [7, 11) is 3.77. The largest absolute Gasteiger partial charge is 1.00 e. The fourth-order valence-corrected chi connectivity index (χ4v) is 21.8. The topological polar surface area (TPSA) is 109 Å². The number of ether oxygens (including phenoxy) is 3. The Kier molecular flexibility index (Phi) is 26.7. The third-order valence-electron chi connectivity index (χ3n) is 11.9. The summed E-state index contributed by atoms with van der Waals surface area (Å²) >= 11 is 7.09. The zero-order valence-electron chi connectivity index (χ0n) is 43.0. The van der Waals surface area contributed by atoms with Gasteiger partial charge in [0.15, 0.2) is 0 Å². The summed E-state index contributed by atoms with van der Waals surface area (Å²) in [5, 5.41) is 8.01. The Morgan fingerprint density at radius 1 is 0.421 bits per heavy atom. The molecule has 1 N–H and O–H groups in total. The molecule has 0 atom stereocenters. The van der Waals surface area contributed by atoms with E-state index in [0.29, 0.717) is 0 Å². The van der Waals surface area contributed by atoms with Gasteiger partial charge in [-0.1, -0.05) is 198 Å². The van der Waals surface area contributed by atoms with Gasteiger partial charge in [0, 0.05) is 5.80 Å². The van der Waals surface area contributed by atoms with Crippen LogP contribution in [0, 0.1) is 0 Å². The molecule has 76 heavy (non-hydrogen) atoms. The second-order valence-electron chi connectivity index (χ2n) is 16.4. The third kappa shape index (κ3) is 16.0. The van der Waals surface area contributed by atoms with E-state index in [0.717, 1.165) is 31.8 Å². The van der Waals surface area contributed by atoms with E-state index in [1.54, 1.807) is 5.80 Å². The minimum Gasteiger partial charge on any atom is -0.870 e. The van der Waals surface area contributed by atoms with E-state index in [1.807, 2.05) is 109 Å². The Bertz CT molecular complexity index is 2850. The summed E-state index contributed by atoms with van der Waals surface area (Å²) in [6.45, 7) is -2.23. The Hall–Kier alpha value is -5.53. The summed E-state index contributed by atoms with van der Waals surface area (Å²) in [5.41, 5.74) is 0. The van der Waals surface area contributed by atoms with Gasteiger partial charge in [0.1, 0.15) is 5.33 Å². The molecule has 0 aliphatic rings. The molecule has 9 aromatic rings. The van der Waals surface area contributed by atoms with E-state index in [1.165, 1.54) is 37.2 Å². The molecule has 0 unspecified atom stereocenters. The van der Waals surface area contributed by atoms with Gasteiger partial charge in [-0.25, -0.2) is 4.79 Å². The smallest absolute Gasteiger partial charge is 0.870 e. The SMILES string of the molecule is COC(=O)C=P(c1ccccc1)(c1ccccc1)c1ccccc1.COC(=O)CBr.COC(=O)CP(Br)(c1ccccc1)(c1ccccc1)c1ccccc1.[Na+].[OH-].c1ccc(P(c2ccccc2)c2ccccc2)cc1. The summed E-state index contributed by atoms with van der Waals surface area (Å²) in [4.78, 5) is 34.7. The maximum Gasteiger partial charge on any atom is 1.00 e. The fourth-order valence-electron chi connectivity index (χ4n) is 8.35. The predicted molar refractivity (Wildman–Crippen MR) is 327 cm³/mol. The van der Waals surface area contributed by atoms with Crippen molar-refractivity contribution in [3.8, 4) is 0 Å². The van der Waals surface area contributed by atoms with Gasteiger partial charge in [0.05, 0.1) is 14.2 Å². The first-order chi connectivity index (χ1) is 36.1. The Balaban J connectivity index is 0.000000232. The van der Waals surface area contributed by atoms with E-state index in [9.17, 15) is 14.4 Å². The van der Waals surface area contributed by atoms with Crippen molar-refractivity contribution in [3.63, 3.8) is 0 Å². The van der Waals surface area contributed by atoms with Gasteiger partial charge in [-0.05, 0) is 46.6 Å². The Labute approximate surface area is 488 Å². The number of carbonyl (C=O) groups is 3. The Morgan fingerprint density at radius 3 is 0.895 bits per heavy atom. The molecule has 0 aliphatic heterocycles. The van der Waals surface area contributed by atoms with E-state index in [-0.39, 0.29) is 64.4 Å². The molecule has 0 aromatic heterocycles. The number of carbonyl (C=O) groups excluding carboxylic acids is 3. The van der Waals surface area contributed by atoms with E-state index in [2.05, 4.69) is 200 Å². The molecule has 384 valence electrons. The monoisotopic (exact) mass is 1200 g/mol. The number of esters is 3. The molecular formula is C63H60Br2NaO7P3. The summed E-state index contributed by atoms with van der Waals surface area (Å²) < 4.78 is 14.3. The molecule has 0 aliphatic carbocycles. The fraction of sp³-hybridized carbons (Fsp3) is 0.0794. The van der Waals surface area contributed by atoms with E-state index in [4.69, 9.17) is 9.47 Å². The number of benzene rings is 9. The van der Waals surface area contributed by atoms with Gasteiger partial charge in [-0.2, -0.15) is 0 Å². The molecule has 0 bridgehead atoms. The van der Waals surface area contributed by atoms with Crippen molar-refractivity contribution >= 4 is 123 Å². The van der Waals surface area contributed by atoms with Gasteiger partial charge in [0.25, 0.3) is 0 Å². The van der Waals surface area contributed by atoms with Gasteiger partial charge in [0.2, 0.25) is 0 Å². The van der Waals surface area contributed by atoms with Crippen molar-refractivity contribution in [1.82, 2.24) is 0 Å². The zero-order chi connectivity index (χ0) is 52.5. The van der Waals surface area contributed by atoms with Gasteiger partial charge in [-0.15, -0.1) is 0 Å². The zero-order valence-corrected chi connectivity index (χ0v) is 50.8. The summed E-state index contributed by atoms with van der Waals surface area (Å²) in [6, 6.07) is 93.6. The van der Waals surface area contributed by atoms with Crippen LogP contribution in [0.2, 0.25) is 0 Å². The first-order valence-electron chi connectivity index (χ1n) is 23.7. The average Bonchev–Trinajstić information content (AvgIpc) is 3.51. The van der Waals surface area contributed by atoms with Crippen molar-refractivity contribution in [2.24, 2.45) is 0 Å². The number of rotatable bonds is 13. The molecular weight excluding hydrogens is 1140 g/mol. The van der Waals surface area contributed by atoms with Gasteiger partial charge < -0.3 is 14.9 Å². The van der Waals surface area contributed by atoms with Gasteiger partial charge in [-0.3, -0.25) is 4.79 Å². The minimum absolute atomic E-state index is 0.